The first-order valence-electron chi connectivity index (χ1n) is 9.44. The molecule has 2 aromatic carbocycles. The number of Topliss-reactive ketones (excluding diaryl/α,β-unsaturated/α-hetero) is 1. The molecular formula is C23H23NO3. The minimum Gasteiger partial charge on any atom is -0.483 e. The molecule has 2 aliphatic rings. The van der Waals surface area contributed by atoms with Gasteiger partial charge >= 0.3 is 0 Å². The Morgan fingerprint density at radius 1 is 0.963 bits per heavy atom. The van der Waals surface area contributed by atoms with Crippen molar-refractivity contribution in [3.05, 3.63) is 71.3 Å². The molecule has 4 heteroatoms. The minimum absolute atomic E-state index is 0.00669. The maximum Gasteiger partial charge on any atom is 0.253 e. The third kappa shape index (κ3) is 3.52. The molecule has 2 aliphatic heterocycles. The van der Waals surface area contributed by atoms with E-state index in [0.717, 1.165) is 30.6 Å². The second kappa shape index (κ2) is 7.03. The molecule has 0 radical (unpaired) electrons. The summed E-state index contributed by atoms with van der Waals surface area (Å²) in [5, 5.41) is 0. The van der Waals surface area contributed by atoms with Crippen molar-refractivity contribution in [2.75, 3.05) is 13.1 Å². The molecule has 1 atom stereocenters. The lowest BCUT2D eigenvalue weighted by Crippen LogP contribution is -2.38. The van der Waals surface area contributed by atoms with Gasteiger partial charge in [0.25, 0.3) is 5.91 Å². The van der Waals surface area contributed by atoms with Crippen LogP contribution < -0.4 is 4.74 Å². The van der Waals surface area contributed by atoms with Crippen molar-refractivity contribution in [1.82, 2.24) is 4.90 Å². The van der Waals surface area contributed by atoms with Crippen molar-refractivity contribution in [2.24, 2.45) is 0 Å². The molecule has 0 saturated carbocycles. The lowest BCUT2D eigenvalue weighted by atomic mass is 9.91. The Kier molecular flexibility index (Phi) is 4.56. The number of nitrogens with zero attached hydrogens (tertiary/aromatic N) is 1. The molecule has 138 valence electrons. The number of benzene rings is 2. The standard InChI is InChI=1S/C23H23NO3/c1-17(25)18-7-9-20(10-8-18)22(26)24-15-4-12-23(14-16-24)13-11-19-5-2-3-6-21(19)27-23/h2-3,5-11,13H,4,12,14-16H2,1H3. The molecule has 2 heterocycles. The first kappa shape index (κ1) is 17.5. The predicted octanol–water partition coefficient (Wildman–Crippen LogP) is 4.36. The fourth-order valence-electron chi connectivity index (χ4n) is 3.84. The molecule has 0 N–H and O–H groups in total. The first-order valence-corrected chi connectivity index (χ1v) is 9.44. The van der Waals surface area contributed by atoms with E-state index in [0.29, 0.717) is 24.2 Å². The van der Waals surface area contributed by atoms with Crippen molar-refractivity contribution in [3.8, 4) is 5.75 Å². The smallest absolute Gasteiger partial charge is 0.253 e. The lowest BCUT2D eigenvalue weighted by Gasteiger charge is -2.34. The Bertz CT molecular complexity index is 900. The van der Waals surface area contributed by atoms with Gasteiger partial charge in [-0.1, -0.05) is 36.4 Å². The summed E-state index contributed by atoms with van der Waals surface area (Å²) < 4.78 is 6.35. The van der Waals surface area contributed by atoms with E-state index >= 15 is 0 Å². The van der Waals surface area contributed by atoms with Crippen molar-refractivity contribution >= 4 is 17.8 Å². The number of fused-ring (bicyclic) bond motifs is 1. The summed E-state index contributed by atoms with van der Waals surface area (Å²) in [5.41, 5.74) is 2.02. The van der Waals surface area contributed by atoms with Crippen LogP contribution in [0.2, 0.25) is 0 Å². The van der Waals surface area contributed by atoms with Crippen LogP contribution in [0.4, 0.5) is 0 Å². The van der Waals surface area contributed by atoms with E-state index in [1.165, 1.54) is 6.92 Å². The van der Waals surface area contributed by atoms with Gasteiger partial charge in [0, 0.05) is 36.2 Å². The summed E-state index contributed by atoms with van der Waals surface area (Å²) in [6, 6.07) is 15.0. The van der Waals surface area contributed by atoms with E-state index < -0.39 is 0 Å². The normalized spacial score (nSPS) is 21.3. The Hall–Kier alpha value is -2.88. The zero-order valence-electron chi connectivity index (χ0n) is 15.5. The molecular weight excluding hydrogens is 338 g/mol. The summed E-state index contributed by atoms with van der Waals surface area (Å²) in [5.74, 6) is 0.939. The average molecular weight is 361 g/mol. The van der Waals surface area contributed by atoms with Crippen molar-refractivity contribution in [3.63, 3.8) is 0 Å². The molecule has 1 spiro atoms. The van der Waals surface area contributed by atoms with Crippen LogP contribution in [-0.4, -0.2) is 35.3 Å². The Morgan fingerprint density at radius 2 is 1.70 bits per heavy atom. The second-order valence-electron chi connectivity index (χ2n) is 7.32. The Morgan fingerprint density at radius 3 is 2.48 bits per heavy atom. The summed E-state index contributed by atoms with van der Waals surface area (Å²) in [7, 11) is 0. The van der Waals surface area contributed by atoms with Gasteiger partial charge in [0.2, 0.25) is 0 Å². The number of hydrogen-bond acceptors (Lipinski definition) is 3. The molecule has 1 unspecified atom stereocenters. The Labute approximate surface area is 159 Å². The number of hydrogen-bond donors (Lipinski definition) is 0. The largest absolute Gasteiger partial charge is 0.483 e. The van der Waals surface area contributed by atoms with Crippen LogP contribution in [-0.2, 0) is 0 Å². The molecule has 4 nitrogen and oxygen atoms in total. The maximum absolute atomic E-state index is 12.9. The van der Waals surface area contributed by atoms with Crippen LogP contribution in [0, 0.1) is 0 Å². The summed E-state index contributed by atoms with van der Waals surface area (Å²) in [4.78, 5) is 26.2. The van der Waals surface area contributed by atoms with Gasteiger partial charge in [0.15, 0.2) is 5.78 Å². The van der Waals surface area contributed by atoms with E-state index in [9.17, 15) is 9.59 Å². The SMILES string of the molecule is CC(=O)c1ccc(C(=O)N2CCCC3(C=Cc4ccccc4O3)CC2)cc1. The van der Waals surface area contributed by atoms with Gasteiger partial charge in [0.1, 0.15) is 11.4 Å². The number of ketones is 1. The van der Waals surface area contributed by atoms with Crippen LogP contribution in [0.5, 0.6) is 5.75 Å². The number of amides is 1. The highest BCUT2D eigenvalue weighted by molar-refractivity contribution is 5.97. The van der Waals surface area contributed by atoms with Gasteiger partial charge in [0.05, 0.1) is 0 Å². The maximum atomic E-state index is 12.9. The highest BCUT2D eigenvalue weighted by atomic mass is 16.5. The van der Waals surface area contributed by atoms with E-state index in [4.69, 9.17) is 4.74 Å². The second-order valence-corrected chi connectivity index (χ2v) is 7.32. The molecule has 0 bridgehead atoms. The number of rotatable bonds is 2. The van der Waals surface area contributed by atoms with Gasteiger partial charge in [-0.15, -0.1) is 0 Å². The van der Waals surface area contributed by atoms with Crippen LogP contribution >= 0.6 is 0 Å². The number of ether oxygens (including phenoxy) is 1. The number of carbonyl (C=O) groups is 2. The van der Waals surface area contributed by atoms with E-state index in [2.05, 4.69) is 18.2 Å². The highest BCUT2D eigenvalue weighted by Crippen LogP contribution is 2.37. The third-order valence-electron chi connectivity index (χ3n) is 5.46. The lowest BCUT2D eigenvalue weighted by molar-refractivity contribution is 0.0729. The minimum atomic E-state index is -0.331. The van der Waals surface area contributed by atoms with Crippen LogP contribution in [0.3, 0.4) is 0 Å². The van der Waals surface area contributed by atoms with Gasteiger partial charge in [-0.25, -0.2) is 0 Å². The van der Waals surface area contributed by atoms with Gasteiger partial charge < -0.3 is 9.64 Å². The molecule has 0 aliphatic carbocycles. The topological polar surface area (TPSA) is 46.6 Å². The van der Waals surface area contributed by atoms with Crippen LogP contribution in [0.25, 0.3) is 6.08 Å². The van der Waals surface area contributed by atoms with Gasteiger partial charge in [-0.3, -0.25) is 9.59 Å². The number of likely N-dealkylation sites (tertiary alicyclic amines) is 1. The fraction of sp³-hybridized carbons (Fsp3) is 0.304. The molecule has 4 rings (SSSR count). The molecule has 1 saturated heterocycles. The van der Waals surface area contributed by atoms with Crippen LogP contribution in [0.1, 0.15) is 52.5 Å². The molecule has 1 fully saturated rings. The van der Waals surface area contributed by atoms with Crippen molar-refractivity contribution in [2.45, 2.75) is 31.8 Å². The zero-order valence-corrected chi connectivity index (χ0v) is 15.5. The predicted molar refractivity (Wildman–Crippen MR) is 105 cm³/mol. The number of carbonyl (C=O) groups excluding carboxylic acids is 2. The Balaban J connectivity index is 1.47. The summed E-state index contributed by atoms with van der Waals surface area (Å²) in [6.07, 6.45) is 6.85. The fourth-order valence-corrected chi connectivity index (χ4v) is 3.84. The van der Waals surface area contributed by atoms with E-state index in [-0.39, 0.29) is 17.3 Å². The van der Waals surface area contributed by atoms with Crippen molar-refractivity contribution < 1.29 is 14.3 Å². The third-order valence-corrected chi connectivity index (χ3v) is 5.46. The van der Waals surface area contributed by atoms with Crippen molar-refractivity contribution in [1.29, 1.82) is 0 Å². The summed E-state index contributed by atoms with van der Waals surface area (Å²) >= 11 is 0. The van der Waals surface area contributed by atoms with Gasteiger partial charge in [-0.2, -0.15) is 0 Å². The molecule has 27 heavy (non-hydrogen) atoms. The molecule has 0 aromatic heterocycles. The van der Waals surface area contributed by atoms with Crippen LogP contribution in [0.15, 0.2) is 54.6 Å². The first-order chi connectivity index (χ1) is 13.1. The quantitative estimate of drug-likeness (QED) is 0.747. The average Bonchev–Trinajstić information content (AvgIpc) is 2.90. The highest BCUT2D eigenvalue weighted by Gasteiger charge is 2.35. The van der Waals surface area contributed by atoms with Gasteiger partial charge in [-0.05, 0) is 44.0 Å². The zero-order chi connectivity index (χ0) is 18.9. The van der Waals surface area contributed by atoms with E-state index in [1.807, 2.05) is 23.1 Å². The number of para-hydroxylation sites is 1. The molecule has 2 aromatic rings. The summed E-state index contributed by atoms with van der Waals surface area (Å²) in [6.45, 7) is 2.90. The monoisotopic (exact) mass is 361 g/mol. The van der Waals surface area contributed by atoms with E-state index in [1.54, 1.807) is 24.3 Å². The molecule has 1 amide bonds.